The Morgan fingerprint density at radius 2 is 1.93 bits per heavy atom. The number of hydrogen-bond acceptors (Lipinski definition) is 5. The molecule has 0 spiro atoms. The van der Waals surface area contributed by atoms with Crippen molar-refractivity contribution in [3.8, 4) is 0 Å². The predicted molar refractivity (Wildman–Crippen MR) is 113 cm³/mol. The van der Waals surface area contributed by atoms with Crippen LogP contribution in [0.15, 0.2) is 65.8 Å². The average molecular weight is 409 g/mol. The fourth-order valence-electron chi connectivity index (χ4n) is 2.86. The van der Waals surface area contributed by atoms with Gasteiger partial charge in [0.15, 0.2) is 11.0 Å². The quantitative estimate of drug-likeness (QED) is 0.408. The van der Waals surface area contributed by atoms with Gasteiger partial charge in [0.25, 0.3) is 5.91 Å². The Balaban J connectivity index is 1.62. The molecule has 1 aromatic heterocycles. The molecule has 0 unspecified atom stereocenters. The molecule has 28 heavy (non-hydrogen) atoms. The van der Waals surface area contributed by atoms with Gasteiger partial charge in [-0.25, -0.2) is 0 Å². The number of rotatable bonds is 3. The van der Waals surface area contributed by atoms with Gasteiger partial charge in [-0.1, -0.05) is 17.7 Å². The van der Waals surface area contributed by atoms with E-state index in [1.807, 2.05) is 24.3 Å². The lowest BCUT2D eigenvalue weighted by Crippen LogP contribution is -2.58. The van der Waals surface area contributed by atoms with Crippen molar-refractivity contribution in [1.82, 2.24) is 10.3 Å². The zero-order valence-corrected chi connectivity index (χ0v) is 15.9. The maximum absolute atomic E-state index is 12.9. The maximum Gasteiger partial charge on any atom is 0.251 e. The molecule has 1 N–H and O–H groups in total. The number of benzene rings is 2. The standard InChI is InChI=1S/C20H13ClN4O2S/c21-13-3-6-15(7-4-13)25-19(27)16(18(26)24-20(25)28)11-23-14-5-8-17-12(10-14)2-1-9-22-17/h1-11,16H,(H,24,26,28)/t16-/m0/s1. The molecule has 138 valence electrons. The van der Waals surface area contributed by atoms with E-state index in [0.29, 0.717) is 16.4 Å². The molecule has 1 saturated heterocycles. The second kappa shape index (κ2) is 7.46. The first-order valence-electron chi connectivity index (χ1n) is 8.36. The largest absolute Gasteiger partial charge is 0.301 e. The van der Waals surface area contributed by atoms with Gasteiger partial charge in [-0.2, -0.15) is 0 Å². The van der Waals surface area contributed by atoms with Crippen molar-refractivity contribution in [2.24, 2.45) is 10.9 Å². The lowest BCUT2D eigenvalue weighted by molar-refractivity contribution is -0.130. The number of pyridine rings is 1. The first-order valence-corrected chi connectivity index (χ1v) is 9.15. The predicted octanol–water partition coefficient (Wildman–Crippen LogP) is 3.65. The highest BCUT2D eigenvalue weighted by Crippen LogP contribution is 2.24. The van der Waals surface area contributed by atoms with Gasteiger partial charge in [0.2, 0.25) is 5.91 Å². The third-order valence-electron chi connectivity index (χ3n) is 4.25. The van der Waals surface area contributed by atoms with Crippen LogP contribution in [0.1, 0.15) is 0 Å². The highest BCUT2D eigenvalue weighted by molar-refractivity contribution is 7.80. The Bertz CT molecular complexity index is 1130. The van der Waals surface area contributed by atoms with Gasteiger partial charge in [-0.3, -0.25) is 24.5 Å². The molecule has 8 heteroatoms. The molecule has 1 fully saturated rings. The van der Waals surface area contributed by atoms with Crippen LogP contribution in [0.5, 0.6) is 0 Å². The molecule has 0 saturated carbocycles. The lowest BCUT2D eigenvalue weighted by atomic mass is 10.1. The monoisotopic (exact) mass is 408 g/mol. The third-order valence-corrected chi connectivity index (χ3v) is 4.78. The van der Waals surface area contributed by atoms with Crippen molar-refractivity contribution < 1.29 is 9.59 Å². The zero-order valence-electron chi connectivity index (χ0n) is 14.4. The molecule has 1 aliphatic heterocycles. The van der Waals surface area contributed by atoms with E-state index in [2.05, 4.69) is 15.3 Å². The average Bonchev–Trinajstić information content (AvgIpc) is 2.69. The summed E-state index contributed by atoms with van der Waals surface area (Å²) in [6, 6.07) is 15.8. The van der Waals surface area contributed by atoms with Crippen molar-refractivity contribution in [3.63, 3.8) is 0 Å². The number of thiocarbonyl (C=S) groups is 1. The smallest absolute Gasteiger partial charge is 0.251 e. The van der Waals surface area contributed by atoms with Crippen LogP contribution in [0.25, 0.3) is 10.9 Å². The number of fused-ring (bicyclic) bond motifs is 1. The minimum atomic E-state index is -1.09. The lowest BCUT2D eigenvalue weighted by Gasteiger charge is -2.30. The normalized spacial score (nSPS) is 17.4. The van der Waals surface area contributed by atoms with E-state index in [1.165, 1.54) is 11.1 Å². The molecular formula is C20H13ClN4O2S. The number of nitrogens with one attached hydrogen (secondary N) is 1. The fraction of sp³-hybridized carbons (Fsp3) is 0.0500. The Labute approximate surface area is 170 Å². The Hall–Kier alpha value is -3.16. The molecule has 2 amide bonds. The summed E-state index contributed by atoms with van der Waals surface area (Å²) in [4.78, 5) is 35.1. The minimum absolute atomic E-state index is 0.0266. The summed E-state index contributed by atoms with van der Waals surface area (Å²) >= 11 is 11.1. The number of carbonyl (C=O) groups excluding carboxylic acids is 2. The van der Waals surface area contributed by atoms with Gasteiger partial charge < -0.3 is 5.32 Å². The summed E-state index contributed by atoms with van der Waals surface area (Å²) in [6.45, 7) is 0. The molecule has 2 heterocycles. The number of aromatic nitrogens is 1. The fourth-order valence-corrected chi connectivity index (χ4v) is 3.28. The second-order valence-corrected chi connectivity index (χ2v) is 6.90. The van der Waals surface area contributed by atoms with E-state index in [1.54, 1.807) is 36.5 Å². The van der Waals surface area contributed by atoms with Crippen molar-refractivity contribution in [3.05, 3.63) is 65.8 Å². The van der Waals surface area contributed by atoms with Crippen LogP contribution in [0.4, 0.5) is 11.4 Å². The van der Waals surface area contributed by atoms with E-state index >= 15 is 0 Å². The van der Waals surface area contributed by atoms with Crippen LogP contribution in [0.3, 0.4) is 0 Å². The van der Waals surface area contributed by atoms with Crippen LogP contribution in [-0.4, -0.2) is 28.1 Å². The van der Waals surface area contributed by atoms with Crippen molar-refractivity contribution in [2.75, 3.05) is 4.90 Å². The molecule has 6 nitrogen and oxygen atoms in total. The first-order chi connectivity index (χ1) is 13.5. The molecule has 0 aliphatic carbocycles. The Morgan fingerprint density at radius 1 is 1.14 bits per heavy atom. The highest BCUT2D eigenvalue weighted by Gasteiger charge is 2.38. The third kappa shape index (κ3) is 3.49. The number of carbonyl (C=O) groups is 2. The number of anilines is 1. The van der Waals surface area contributed by atoms with Crippen LogP contribution in [0, 0.1) is 5.92 Å². The summed E-state index contributed by atoms with van der Waals surface area (Å²) in [7, 11) is 0. The van der Waals surface area contributed by atoms with Crippen molar-refractivity contribution in [2.45, 2.75) is 0 Å². The van der Waals surface area contributed by atoms with E-state index in [4.69, 9.17) is 23.8 Å². The molecule has 0 bridgehead atoms. The first kappa shape index (κ1) is 18.2. The van der Waals surface area contributed by atoms with Crippen LogP contribution >= 0.6 is 23.8 Å². The topological polar surface area (TPSA) is 74.7 Å². The number of amides is 2. The van der Waals surface area contributed by atoms with Crippen LogP contribution < -0.4 is 10.2 Å². The summed E-state index contributed by atoms with van der Waals surface area (Å²) in [5.74, 6) is -2.07. The number of halogens is 1. The highest BCUT2D eigenvalue weighted by atomic mass is 35.5. The molecule has 4 rings (SSSR count). The Morgan fingerprint density at radius 3 is 2.71 bits per heavy atom. The van der Waals surface area contributed by atoms with E-state index in [-0.39, 0.29) is 5.11 Å². The van der Waals surface area contributed by atoms with Gasteiger partial charge in [0.1, 0.15) is 0 Å². The van der Waals surface area contributed by atoms with E-state index in [9.17, 15) is 9.59 Å². The van der Waals surface area contributed by atoms with Crippen LogP contribution in [0.2, 0.25) is 5.02 Å². The molecule has 2 aromatic carbocycles. The summed E-state index contributed by atoms with van der Waals surface area (Å²) in [5, 5.41) is 4.03. The molecule has 3 aromatic rings. The van der Waals surface area contributed by atoms with Gasteiger partial charge >= 0.3 is 0 Å². The maximum atomic E-state index is 12.9. The SMILES string of the molecule is O=C1NC(=S)N(c2ccc(Cl)cc2)C(=O)[C@H]1C=Nc1ccc2ncccc2c1. The Kier molecular flexibility index (Phi) is 4.85. The van der Waals surface area contributed by atoms with Gasteiger partial charge in [0.05, 0.1) is 16.9 Å². The zero-order chi connectivity index (χ0) is 19.7. The van der Waals surface area contributed by atoms with Gasteiger partial charge in [-0.15, -0.1) is 0 Å². The van der Waals surface area contributed by atoms with E-state index < -0.39 is 17.7 Å². The number of hydrogen-bond donors (Lipinski definition) is 1. The summed E-state index contributed by atoms with van der Waals surface area (Å²) in [6.07, 6.45) is 3.05. The second-order valence-electron chi connectivity index (χ2n) is 6.08. The summed E-state index contributed by atoms with van der Waals surface area (Å²) in [5.41, 5.74) is 1.98. The minimum Gasteiger partial charge on any atom is -0.301 e. The van der Waals surface area contributed by atoms with Crippen LogP contribution in [-0.2, 0) is 9.59 Å². The molecule has 0 radical (unpaired) electrons. The molecule has 1 atom stereocenters. The van der Waals surface area contributed by atoms with E-state index in [0.717, 1.165) is 10.9 Å². The molecule has 1 aliphatic rings. The number of nitrogens with zero attached hydrogens (tertiary/aromatic N) is 3. The number of aliphatic imine (C=N–C) groups is 1. The van der Waals surface area contributed by atoms with Gasteiger partial charge in [0, 0.05) is 22.8 Å². The molecular weight excluding hydrogens is 396 g/mol. The summed E-state index contributed by atoms with van der Waals surface area (Å²) < 4.78 is 0. The van der Waals surface area contributed by atoms with Crippen molar-refractivity contribution >= 4 is 69.2 Å². The van der Waals surface area contributed by atoms with Crippen molar-refractivity contribution in [1.29, 1.82) is 0 Å². The van der Waals surface area contributed by atoms with Gasteiger partial charge in [-0.05, 0) is 60.7 Å².